The fourth-order valence-electron chi connectivity index (χ4n) is 1.95. The van der Waals surface area contributed by atoms with Gasteiger partial charge in [-0.15, -0.1) is 0 Å². The Morgan fingerprint density at radius 1 is 1.40 bits per heavy atom. The molecule has 2 N–H and O–H groups in total. The number of ether oxygens (including phenoxy) is 1. The van der Waals surface area contributed by atoms with Crippen LogP contribution in [0.15, 0.2) is 35.3 Å². The monoisotopic (exact) mass is 277 g/mol. The smallest absolute Gasteiger partial charge is 0.337 e. The van der Waals surface area contributed by atoms with Crippen molar-refractivity contribution in [2.24, 2.45) is 0 Å². The molecule has 0 radical (unpaired) electrons. The number of hydrogen-bond acceptors (Lipinski definition) is 5. The molecule has 0 saturated carbocycles. The summed E-state index contributed by atoms with van der Waals surface area (Å²) in [6.07, 6.45) is 0.537. The molecule has 106 valence electrons. The highest BCUT2D eigenvalue weighted by atomic mass is 16.5. The molecule has 1 heterocycles. The first-order valence-electron chi connectivity index (χ1n) is 6.07. The van der Waals surface area contributed by atoms with Crippen molar-refractivity contribution in [2.75, 3.05) is 13.7 Å². The number of hydrogen-bond donors (Lipinski definition) is 2. The maximum Gasteiger partial charge on any atom is 0.337 e. The van der Waals surface area contributed by atoms with E-state index in [1.54, 1.807) is 24.4 Å². The van der Waals surface area contributed by atoms with Crippen molar-refractivity contribution in [1.82, 2.24) is 4.57 Å². The Balaban J connectivity index is 2.52. The molecule has 6 heteroatoms. The number of rotatable bonds is 4. The minimum atomic E-state index is -1.01. The molecular formula is C14H15NO5. The van der Waals surface area contributed by atoms with E-state index in [1.165, 1.54) is 17.7 Å². The van der Waals surface area contributed by atoms with Crippen LogP contribution in [0.4, 0.5) is 0 Å². The van der Waals surface area contributed by atoms with Crippen LogP contribution in [0.5, 0.6) is 0 Å². The van der Waals surface area contributed by atoms with Crippen LogP contribution in [0, 0.1) is 0 Å². The number of benzene rings is 1. The molecule has 0 bridgehead atoms. The summed E-state index contributed by atoms with van der Waals surface area (Å²) in [5.41, 5.74) is -0.0432. The molecule has 0 fully saturated rings. The zero-order valence-corrected chi connectivity index (χ0v) is 10.9. The molecule has 1 aromatic heterocycles. The summed E-state index contributed by atoms with van der Waals surface area (Å²) in [6, 6.07) is 6.42. The molecule has 0 aliphatic heterocycles. The van der Waals surface area contributed by atoms with Gasteiger partial charge in [0.1, 0.15) is 0 Å². The zero-order valence-electron chi connectivity index (χ0n) is 10.9. The predicted molar refractivity (Wildman–Crippen MR) is 72.6 cm³/mol. The van der Waals surface area contributed by atoms with Gasteiger partial charge in [-0.1, -0.05) is 6.07 Å². The molecule has 0 saturated heterocycles. The van der Waals surface area contributed by atoms with E-state index >= 15 is 0 Å². The van der Waals surface area contributed by atoms with Gasteiger partial charge in [0, 0.05) is 11.6 Å². The van der Waals surface area contributed by atoms with Crippen molar-refractivity contribution < 1.29 is 19.7 Å². The van der Waals surface area contributed by atoms with Crippen LogP contribution in [0.3, 0.4) is 0 Å². The molecule has 20 heavy (non-hydrogen) atoms. The van der Waals surface area contributed by atoms with Crippen LogP contribution in [-0.4, -0.2) is 40.6 Å². The van der Waals surface area contributed by atoms with Gasteiger partial charge < -0.3 is 19.5 Å². The first-order chi connectivity index (χ1) is 9.56. The number of pyridine rings is 1. The van der Waals surface area contributed by atoms with E-state index in [1.807, 2.05) is 0 Å². The quantitative estimate of drug-likeness (QED) is 0.776. The number of aromatic nitrogens is 1. The van der Waals surface area contributed by atoms with Crippen LogP contribution in [0.1, 0.15) is 10.4 Å². The van der Waals surface area contributed by atoms with Crippen LogP contribution >= 0.6 is 0 Å². The van der Waals surface area contributed by atoms with Gasteiger partial charge in [0.15, 0.2) is 0 Å². The number of nitrogens with zero attached hydrogens (tertiary/aromatic N) is 1. The standard InChI is InChI=1S/C14H15NO5/c1-20-14(19)10-3-2-9-4-5-15(7-11(17)8-16)13(18)12(9)6-10/h2-6,11,16-17H,7-8H2,1H3. The first-order valence-corrected chi connectivity index (χ1v) is 6.07. The lowest BCUT2D eigenvalue weighted by molar-refractivity contribution is 0.0601. The average Bonchev–Trinajstić information content (AvgIpc) is 2.48. The summed E-state index contributed by atoms with van der Waals surface area (Å²) in [4.78, 5) is 23.7. The van der Waals surface area contributed by atoms with Crippen LogP contribution in [0.2, 0.25) is 0 Å². The summed E-state index contributed by atoms with van der Waals surface area (Å²) in [7, 11) is 1.27. The van der Waals surface area contributed by atoms with Gasteiger partial charge in [0.05, 0.1) is 31.9 Å². The van der Waals surface area contributed by atoms with Crippen molar-refractivity contribution >= 4 is 16.7 Å². The van der Waals surface area contributed by atoms with Gasteiger partial charge in [0.2, 0.25) is 0 Å². The average molecular weight is 277 g/mol. The Bertz CT molecular complexity index is 692. The lowest BCUT2D eigenvalue weighted by atomic mass is 10.1. The Labute approximate surface area is 114 Å². The van der Waals surface area contributed by atoms with Crippen molar-refractivity contribution in [3.63, 3.8) is 0 Å². The predicted octanol–water partition coefficient (Wildman–Crippen LogP) is 0.141. The van der Waals surface area contributed by atoms with E-state index in [9.17, 15) is 14.7 Å². The third-order valence-electron chi connectivity index (χ3n) is 3.02. The molecule has 1 atom stereocenters. The highest BCUT2D eigenvalue weighted by molar-refractivity contribution is 5.95. The minimum Gasteiger partial charge on any atom is -0.465 e. The van der Waals surface area contributed by atoms with Crippen LogP contribution in [-0.2, 0) is 11.3 Å². The number of fused-ring (bicyclic) bond motifs is 1. The second-order valence-electron chi connectivity index (χ2n) is 4.40. The molecular weight excluding hydrogens is 262 g/mol. The molecule has 0 aliphatic rings. The molecule has 1 unspecified atom stereocenters. The highest BCUT2D eigenvalue weighted by Crippen LogP contribution is 2.13. The van der Waals surface area contributed by atoms with Crippen LogP contribution in [0.25, 0.3) is 10.8 Å². The number of aliphatic hydroxyl groups is 2. The number of carbonyl (C=O) groups excluding carboxylic acids is 1. The Morgan fingerprint density at radius 2 is 2.15 bits per heavy atom. The summed E-state index contributed by atoms with van der Waals surface area (Å²) >= 11 is 0. The van der Waals surface area contributed by atoms with Crippen molar-refractivity contribution in [2.45, 2.75) is 12.6 Å². The van der Waals surface area contributed by atoms with E-state index in [0.717, 1.165) is 0 Å². The SMILES string of the molecule is COC(=O)c1ccc2ccn(CC(O)CO)c(=O)c2c1. The van der Waals surface area contributed by atoms with Gasteiger partial charge in [-0.05, 0) is 23.6 Å². The second kappa shape index (κ2) is 5.85. The third-order valence-corrected chi connectivity index (χ3v) is 3.02. The fourth-order valence-corrected chi connectivity index (χ4v) is 1.95. The number of carbonyl (C=O) groups is 1. The van der Waals surface area contributed by atoms with Gasteiger partial charge >= 0.3 is 5.97 Å². The van der Waals surface area contributed by atoms with Crippen LogP contribution < -0.4 is 5.56 Å². The van der Waals surface area contributed by atoms with Gasteiger partial charge in [-0.2, -0.15) is 0 Å². The normalized spacial score (nSPS) is 12.3. The first kappa shape index (κ1) is 14.2. The molecule has 1 aromatic carbocycles. The lowest BCUT2D eigenvalue weighted by Gasteiger charge is -2.11. The summed E-state index contributed by atoms with van der Waals surface area (Å²) in [5, 5.41) is 19.3. The largest absolute Gasteiger partial charge is 0.465 e. The number of aliphatic hydroxyl groups excluding tert-OH is 2. The van der Waals surface area contributed by atoms with E-state index in [0.29, 0.717) is 10.8 Å². The van der Waals surface area contributed by atoms with Crippen molar-refractivity contribution in [3.8, 4) is 0 Å². The van der Waals surface area contributed by atoms with Gasteiger partial charge in [-0.3, -0.25) is 4.79 Å². The maximum atomic E-state index is 12.3. The van der Waals surface area contributed by atoms with E-state index in [-0.39, 0.29) is 17.7 Å². The summed E-state index contributed by atoms with van der Waals surface area (Å²) < 4.78 is 5.91. The maximum absolute atomic E-state index is 12.3. The topological polar surface area (TPSA) is 88.8 Å². The number of esters is 1. The van der Waals surface area contributed by atoms with E-state index < -0.39 is 18.7 Å². The Hall–Kier alpha value is -2.18. The molecule has 0 aliphatic carbocycles. The van der Waals surface area contributed by atoms with E-state index in [4.69, 9.17) is 5.11 Å². The summed E-state index contributed by atoms with van der Waals surface area (Å²) in [6.45, 7) is -0.430. The fraction of sp³-hybridized carbons (Fsp3) is 0.286. The molecule has 6 nitrogen and oxygen atoms in total. The van der Waals surface area contributed by atoms with Gasteiger partial charge in [-0.25, -0.2) is 4.79 Å². The summed E-state index contributed by atoms with van der Waals surface area (Å²) in [5.74, 6) is -0.517. The third kappa shape index (κ3) is 2.71. The lowest BCUT2D eigenvalue weighted by Crippen LogP contribution is -2.28. The Kier molecular flexibility index (Phi) is 4.16. The zero-order chi connectivity index (χ0) is 14.7. The van der Waals surface area contributed by atoms with Crippen molar-refractivity contribution in [1.29, 1.82) is 0 Å². The number of methoxy groups -OCH3 is 1. The highest BCUT2D eigenvalue weighted by Gasteiger charge is 2.10. The second-order valence-corrected chi connectivity index (χ2v) is 4.40. The molecule has 2 rings (SSSR count). The molecule has 2 aromatic rings. The molecule has 0 amide bonds. The van der Waals surface area contributed by atoms with E-state index in [2.05, 4.69) is 4.74 Å². The van der Waals surface area contributed by atoms with Crippen molar-refractivity contribution in [3.05, 3.63) is 46.4 Å². The van der Waals surface area contributed by atoms with Gasteiger partial charge in [0.25, 0.3) is 5.56 Å². The minimum absolute atomic E-state index is 0.00623. The molecule has 0 spiro atoms. The Morgan fingerprint density at radius 3 is 2.80 bits per heavy atom.